The minimum Gasteiger partial charge on any atom is -0.494 e. The first-order valence-electron chi connectivity index (χ1n) is 6.32. The van der Waals surface area contributed by atoms with E-state index in [9.17, 15) is 0 Å². The number of pyridine rings is 1. The molecule has 0 spiro atoms. The highest BCUT2D eigenvalue weighted by Gasteiger charge is 2.12. The molecule has 0 radical (unpaired) electrons. The van der Waals surface area contributed by atoms with Crippen molar-refractivity contribution >= 4 is 33.5 Å². The van der Waals surface area contributed by atoms with Gasteiger partial charge >= 0.3 is 0 Å². The molecule has 1 N–H and O–H groups in total. The van der Waals surface area contributed by atoms with Gasteiger partial charge in [0.1, 0.15) is 11.4 Å². The molecule has 0 unspecified atom stereocenters. The van der Waals surface area contributed by atoms with Crippen LogP contribution < -0.4 is 10.1 Å². The molecular weight excluding hydrogens is 304 g/mol. The van der Waals surface area contributed by atoms with Crippen LogP contribution in [0.4, 0.5) is 10.8 Å². The Hall–Kier alpha value is -1.99. The van der Waals surface area contributed by atoms with Crippen LogP contribution in [0.1, 0.15) is 10.7 Å². The van der Waals surface area contributed by atoms with Gasteiger partial charge in [0.15, 0.2) is 5.13 Å². The first kappa shape index (κ1) is 14.0. The topological polar surface area (TPSA) is 59.9 Å². The molecule has 21 heavy (non-hydrogen) atoms. The second-order valence-corrected chi connectivity index (χ2v) is 6.45. The quantitative estimate of drug-likeness (QED) is 0.787. The van der Waals surface area contributed by atoms with Gasteiger partial charge < -0.3 is 10.1 Å². The Morgan fingerprint density at radius 3 is 2.81 bits per heavy atom. The number of rotatable bonds is 4. The lowest BCUT2D eigenvalue weighted by molar-refractivity contribution is 0.416. The molecule has 3 aromatic heterocycles. The van der Waals surface area contributed by atoms with Gasteiger partial charge in [0.25, 0.3) is 0 Å². The molecule has 3 rings (SSSR count). The van der Waals surface area contributed by atoms with E-state index < -0.39 is 0 Å². The summed E-state index contributed by atoms with van der Waals surface area (Å²) in [6, 6.07) is 1.81. The van der Waals surface area contributed by atoms with Crippen molar-refractivity contribution in [3.8, 4) is 16.3 Å². The Bertz CT molecular complexity index is 766. The second-order valence-electron chi connectivity index (χ2n) is 4.39. The van der Waals surface area contributed by atoms with Crippen molar-refractivity contribution in [1.82, 2.24) is 15.0 Å². The highest BCUT2D eigenvalue weighted by Crippen LogP contribution is 2.34. The normalized spacial score (nSPS) is 10.6. The number of hydrogen-bond donors (Lipinski definition) is 1. The fraction of sp³-hybridized carbons (Fsp3) is 0.214. The average molecular weight is 318 g/mol. The Balaban J connectivity index is 1.87. The summed E-state index contributed by atoms with van der Waals surface area (Å²) in [6.07, 6.45) is 3.42. The number of aryl methyl sites for hydroxylation is 2. The van der Waals surface area contributed by atoms with Gasteiger partial charge in [0.05, 0.1) is 34.6 Å². The first-order chi connectivity index (χ1) is 10.2. The van der Waals surface area contributed by atoms with E-state index in [1.165, 1.54) is 0 Å². The average Bonchev–Trinajstić information content (AvgIpc) is 3.06. The summed E-state index contributed by atoms with van der Waals surface area (Å²) in [5.74, 6) is 0.742. The van der Waals surface area contributed by atoms with Crippen molar-refractivity contribution in [1.29, 1.82) is 0 Å². The lowest BCUT2D eigenvalue weighted by atomic mass is 10.3. The number of thiazole rings is 2. The molecule has 0 fully saturated rings. The fourth-order valence-corrected chi connectivity index (χ4v) is 3.64. The van der Waals surface area contributed by atoms with Crippen LogP contribution in [0.5, 0.6) is 5.75 Å². The number of nitrogens with one attached hydrogen (secondary N) is 1. The molecule has 3 heterocycles. The number of aromatic nitrogens is 3. The third-order valence-electron chi connectivity index (χ3n) is 2.88. The highest BCUT2D eigenvalue weighted by molar-refractivity contribution is 7.16. The van der Waals surface area contributed by atoms with Gasteiger partial charge in [-0.15, -0.1) is 22.7 Å². The van der Waals surface area contributed by atoms with E-state index >= 15 is 0 Å². The molecule has 0 bridgehead atoms. The van der Waals surface area contributed by atoms with Crippen molar-refractivity contribution in [2.75, 3.05) is 12.4 Å². The maximum Gasteiger partial charge on any atom is 0.187 e. The van der Waals surface area contributed by atoms with Crippen molar-refractivity contribution < 1.29 is 4.74 Å². The summed E-state index contributed by atoms with van der Waals surface area (Å²) in [4.78, 5) is 14.3. The van der Waals surface area contributed by atoms with Gasteiger partial charge in [-0.1, -0.05) is 0 Å². The predicted molar refractivity (Wildman–Crippen MR) is 86.8 cm³/mol. The van der Waals surface area contributed by atoms with E-state index in [4.69, 9.17) is 4.74 Å². The molecule has 0 aliphatic rings. The van der Waals surface area contributed by atoms with Crippen LogP contribution in [-0.2, 0) is 0 Å². The van der Waals surface area contributed by atoms with Crippen molar-refractivity contribution in [3.05, 3.63) is 34.5 Å². The maximum absolute atomic E-state index is 5.30. The molecule has 0 aromatic carbocycles. The van der Waals surface area contributed by atoms with Gasteiger partial charge in [-0.05, 0) is 13.8 Å². The smallest absolute Gasteiger partial charge is 0.187 e. The predicted octanol–water partition coefficient (Wildman–Crippen LogP) is 4.03. The largest absolute Gasteiger partial charge is 0.494 e. The zero-order chi connectivity index (χ0) is 14.8. The molecule has 0 aliphatic heterocycles. The number of anilines is 2. The van der Waals surface area contributed by atoms with Crippen LogP contribution in [-0.4, -0.2) is 22.1 Å². The Kier molecular flexibility index (Phi) is 3.85. The van der Waals surface area contributed by atoms with Gasteiger partial charge in [0, 0.05) is 17.6 Å². The van der Waals surface area contributed by atoms with E-state index in [0.29, 0.717) is 0 Å². The van der Waals surface area contributed by atoms with E-state index in [0.717, 1.165) is 37.8 Å². The Labute approximate surface area is 130 Å². The summed E-state index contributed by atoms with van der Waals surface area (Å²) >= 11 is 3.21. The summed E-state index contributed by atoms with van der Waals surface area (Å²) in [5.41, 5.74) is 2.78. The standard InChI is InChI=1S/C14H14N4OS2/c1-8-13(21-9(2)16-8)11-7-20-14(18-11)17-10-6-15-5-4-12(10)19-3/h4-7H,1-3H3,(H,17,18). The van der Waals surface area contributed by atoms with E-state index in [1.807, 2.05) is 25.3 Å². The maximum atomic E-state index is 5.30. The van der Waals surface area contributed by atoms with E-state index in [2.05, 4.69) is 20.3 Å². The second kappa shape index (κ2) is 5.79. The summed E-state index contributed by atoms with van der Waals surface area (Å²) in [5, 5.41) is 7.14. The highest BCUT2D eigenvalue weighted by atomic mass is 32.1. The van der Waals surface area contributed by atoms with Crippen LogP contribution in [0.2, 0.25) is 0 Å². The van der Waals surface area contributed by atoms with Crippen LogP contribution in [0.3, 0.4) is 0 Å². The molecule has 108 valence electrons. The van der Waals surface area contributed by atoms with E-state index in [1.54, 1.807) is 42.2 Å². The van der Waals surface area contributed by atoms with Crippen LogP contribution in [0, 0.1) is 13.8 Å². The minimum absolute atomic E-state index is 0.742. The van der Waals surface area contributed by atoms with Crippen LogP contribution in [0.15, 0.2) is 23.8 Å². The summed E-state index contributed by atoms with van der Waals surface area (Å²) in [6.45, 7) is 4.02. The van der Waals surface area contributed by atoms with E-state index in [-0.39, 0.29) is 0 Å². The van der Waals surface area contributed by atoms with Gasteiger partial charge in [-0.3, -0.25) is 4.98 Å². The fourth-order valence-electron chi connectivity index (χ4n) is 1.97. The molecule has 0 saturated heterocycles. The number of methoxy groups -OCH3 is 1. The first-order valence-corrected chi connectivity index (χ1v) is 8.02. The van der Waals surface area contributed by atoms with Crippen molar-refractivity contribution in [3.63, 3.8) is 0 Å². The van der Waals surface area contributed by atoms with Crippen LogP contribution in [0.25, 0.3) is 10.6 Å². The minimum atomic E-state index is 0.742. The van der Waals surface area contributed by atoms with Crippen molar-refractivity contribution in [2.24, 2.45) is 0 Å². The number of nitrogens with zero attached hydrogens (tertiary/aromatic N) is 3. The summed E-state index contributed by atoms with van der Waals surface area (Å²) in [7, 11) is 1.64. The number of ether oxygens (including phenoxy) is 1. The zero-order valence-corrected chi connectivity index (χ0v) is 13.5. The molecule has 0 atom stereocenters. The SMILES string of the molecule is COc1ccncc1Nc1nc(-c2sc(C)nc2C)cs1. The van der Waals surface area contributed by atoms with Gasteiger partial charge in [0.2, 0.25) is 0 Å². The lowest BCUT2D eigenvalue weighted by Crippen LogP contribution is -1.94. The molecule has 5 nitrogen and oxygen atoms in total. The van der Waals surface area contributed by atoms with Crippen molar-refractivity contribution in [2.45, 2.75) is 13.8 Å². The lowest BCUT2D eigenvalue weighted by Gasteiger charge is -2.07. The summed E-state index contributed by atoms with van der Waals surface area (Å²) < 4.78 is 5.30. The Morgan fingerprint density at radius 2 is 2.10 bits per heavy atom. The molecule has 0 aliphatic carbocycles. The molecule has 7 heteroatoms. The Morgan fingerprint density at radius 1 is 1.24 bits per heavy atom. The third kappa shape index (κ3) is 2.88. The van der Waals surface area contributed by atoms with Gasteiger partial charge in [-0.2, -0.15) is 0 Å². The number of hydrogen-bond acceptors (Lipinski definition) is 7. The van der Waals surface area contributed by atoms with Crippen LogP contribution >= 0.6 is 22.7 Å². The zero-order valence-electron chi connectivity index (χ0n) is 11.9. The van der Waals surface area contributed by atoms with Gasteiger partial charge in [-0.25, -0.2) is 9.97 Å². The monoisotopic (exact) mass is 318 g/mol. The third-order valence-corrected chi connectivity index (χ3v) is 4.74. The molecule has 0 saturated carbocycles. The molecule has 0 amide bonds. The molecular formula is C14H14N4OS2. The molecule has 3 aromatic rings.